The minimum absolute atomic E-state index is 0.0857. The highest BCUT2D eigenvalue weighted by molar-refractivity contribution is 5.94. The van der Waals surface area contributed by atoms with E-state index in [1.54, 1.807) is 0 Å². The highest BCUT2D eigenvalue weighted by Gasteiger charge is 2.29. The summed E-state index contributed by atoms with van der Waals surface area (Å²) in [4.78, 5) is 69.2. The van der Waals surface area contributed by atoms with Crippen molar-refractivity contribution < 1.29 is 39.0 Å². The highest BCUT2D eigenvalue weighted by atomic mass is 16.4. The van der Waals surface area contributed by atoms with Crippen LogP contribution in [0.15, 0.2) is 0 Å². The molecule has 0 fully saturated rings. The first-order valence-electron chi connectivity index (χ1n) is 8.96. The molecule has 0 saturated carbocycles. The molecule has 5 amide bonds. The lowest BCUT2D eigenvalue weighted by molar-refractivity contribution is -0.142. The van der Waals surface area contributed by atoms with Crippen LogP contribution in [0, 0.1) is 0 Å². The average Bonchev–Trinajstić information content (AvgIpc) is 2.66. The van der Waals surface area contributed by atoms with Crippen molar-refractivity contribution in [1.82, 2.24) is 16.0 Å². The van der Waals surface area contributed by atoms with E-state index in [1.165, 1.54) is 6.92 Å². The van der Waals surface area contributed by atoms with Gasteiger partial charge in [0.15, 0.2) is 0 Å². The predicted molar refractivity (Wildman–Crippen MR) is 101 cm³/mol. The molecule has 0 aliphatic heterocycles. The van der Waals surface area contributed by atoms with Crippen molar-refractivity contribution >= 4 is 35.5 Å². The van der Waals surface area contributed by atoms with Crippen molar-refractivity contribution in [2.24, 2.45) is 17.2 Å². The van der Waals surface area contributed by atoms with E-state index in [2.05, 4.69) is 16.0 Å². The van der Waals surface area contributed by atoms with Gasteiger partial charge in [-0.05, 0) is 19.8 Å². The van der Waals surface area contributed by atoms with Crippen LogP contribution in [0.1, 0.15) is 32.6 Å². The second-order valence-electron chi connectivity index (χ2n) is 6.49. The molecule has 14 nitrogen and oxygen atoms in total. The lowest BCUT2D eigenvalue weighted by Crippen LogP contribution is -2.58. The fourth-order valence-electron chi connectivity index (χ4n) is 2.11. The van der Waals surface area contributed by atoms with Gasteiger partial charge in [0.1, 0.15) is 18.1 Å². The summed E-state index contributed by atoms with van der Waals surface area (Å²) in [5.74, 6) is -5.49. The first-order chi connectivity index (χ1) is 13.9. The normalized spacial score (nSPS) is 14.5. The molecule has 0 rings (SSSR count). The maximum atomic E-state index is 12.4. The number of rotatable bonds is 14. The smallest absolute Gasteiger partial charge is 0.325 e. The zero-order valence-corrected chi connectivity index (χ0v) is 16.4. The molecule has 14 heteroatoms. The van der Waals surface area contributed by atoms with Crippen molar-refractivity contribution in [2.75, 3.05) is 6.61 Å². The third-order valence-electron chi connectivity index (χ3n) is 3.90. The van der Waals surface area contributed by atoms with Crippen LogP contribution in [-0.4, -0.2) is 76.5 Å². The maximum absolute atomic E-state index is 12.4. The molecule has 0 bridgehead atoms. The van der Waals surface area contributed by atoms with Gasteiger partial charge in [0.2, 0.25) is 29.5 Å². The quantitative estimate of drug-likeness (QED) is 0.131. The van der Waals surface area contributed by atoms with Gasteiger partial charge in [0.05, 0.1) is 12.6 Å². The molecule has 0 aromatic rings. The molecule has 11 N–H and O–H groups in total. The molecule has 4 atom stereocenters. The zero-order chi connectivity index (χ0) is 23.4. The number of primary amides is 2. The number of nitrogens with two attached hydrogens (primary N) is 3. The van der Waals surface area contributed by atoms with Crippen molar-refractivity contribution in [3.8, 4) is 0 Å². The summed E-state index contributed by atoms with van der Waals surface area (Å²) in [6, 6.07) is -5.31. The molecule has 0 aliphatic carbocycles. The van der Waals surface area contributed by atoms with Crippen molar-refractivity contribution in [2.45, 2.75) is 56.8 Å². The Kier molecular flexibility index (Phi) is 11.6. The molecule has 0 heterocycles. The molecule has 30 heavy (non-hydrogen) atoms. The summed E-state index contributed by atoms with van der Waals surface area (Å²) < 4.78 is 0. The third-order valence-corrected chi connectivity index (χ3v) is 3.90. The van der Waals surface area contributed by atoms with E-state index in [9.17, 15) is 33.9 Å². The van der Waals surface area contributed by atoms with Gasteiger partial charge < -0.3 is 43.4 Å². The first-order valence-corrected chi connectivity index (χ1v) is 8.96. The van der Waals surface area contributed by atoms with Crippen LogP contribution in [0.3, 0.4) is 0 Å². The monoisotopic (exact) mass is 432 g/mol. The topological polar surface area (TPSA) is 257 Å². The van der Waals surface area contributed by atoms with Gasteiger partial charge in [-0.3, -0.25) is 28.8 Å². The Labute approximate surface area is 171 Å². The number of amides is 5. The molecule has 170 valence electrons. The van der Waals surface area contributed by atoms with Gasteiger partial charge in [0, 0.05) is 12.8 Å². The summed E-state index contributed by atoms with van der Waals surface area (Å²) in [5, 5.41) is 24.8. The van der Waals surface area contributed by atoms with Gasteiger partial charge >= 0.3 is 5.97 Å². The van der Waals surface area contributed by atoms with Crippen LogP contribution in [0.4, 0.5) is 0 Å². The Balaban J connectivity index is 5.11. The molecule has 0 aromatic carbocycles. The summed E-state index contributed by atoms with van der Waals surface area (Å²) in [6.45, 7) is 0.340. The number of carbonyl (C=O) groups excluding carboxylic acids is 5. The van der Waals surface area contributed by atoms with Crippen LogP contribution < -0.4 is 33.2 Å². The summed E-state index contributed by atoms with van der Waals surface area (Å²) >= 11 is 0. The van der Waals surface area contributed by atoms with E-state index in [4.69, 9.17) is 22.3 Å². The predicted octanol–water partition coefficient (Wildman–Crippen LogP) is -4.60. The number of aliphatic hydroxyl groups is 1. The van der Waals surface area contributed by atoms with E-state index >= 15 is 0 Å². The number of hydrogen-bond acceptors (Lipinski definition) is 8. The second kappa shape index (κ2) is 13.1. The molecular formula is C16H28N6O8. The lowest BCUT2D eigenvalue weighted by atomic mass is 10.1. The minimum atomic E-state index is -1.50. The highest BCUT2D eigenvalue weighted by Crippen LogP contribution is 2.01. The van der Waals surface area contributed by atoms with E-state index in [-0.39, 0.29) is 25.7 Å². The standard InChI is InChI=1S/C16H28N6O8/c1-7(16(29)30)20-14(27)9(3-5-12(19)25)21-15(28)10(6-23)22-13(26)8(17)2-4-11(18)24/h7-10,23H,2-6,17H2,1H3,(H2,18,24)(H2,19,25)(H,20,27)(H,21,28)(H,22,26)(H,29,30). The van der Waals surface area contributed by atoms with Gasteiger partial charge in [-0.15, -0.1) is 0 Å². The molecule has 0 aromatic heterocycles. The maximum Gasteiger partial charge on any atom is 0.325 e. The molecule has 0 spiro atoms. The minimum Gasteiger partial charge on any atom is -0.480 e. The Bertz CT molecular complexity index is 670. The van der Waals surface area contributed by atoms with Gasteiger partial charge in [-0.25, -0.2) is 0 Å². The van der Waals surface area contributed by atoms with Crippen molar-refractivity contribution in [3.05, 3.63) is 0 Å². The van der Waals surface area contributed by atoms with Gasteiger partial charge in [-0.2, -0.15) is 0 Å². The fourth-order valence-corrected chi connectivity index (χ4v) is 2.11. The number of nitrogens with one attached hydrogen (secondary N) is 3. The number of carboxylic acids is 1. The summed E-state index contributed by atoms with van der Waals surface area (Å²) in [5.41, 5.74) is 15.6. The molecular weight excluding hydrogens is 404 g/mol. The molecule has 0 radical (unpaired) electrons. The lowest BCUT2D eigenvalue weighted by Gasteiger charge is -2.23. The SMILES string of the molecule is CC(NC(=O)C(CCC(N)=O)NC(=O)C(CO)NC(=O)C(N)CCC(N)=O)C(=O)O. The molecule has 0 saturated heterocycles. The van der Waals surface area contributed by atoms with Crippen LogP contribution in [-0.2, 0) is 28.8 Å². The van der Waals surface area contributed by atoms with Gasteiger partial charge in [-0.1, -0.05) is 0 Å². The number of carboxylic acid groups (broad SMARTS) is 1. The number of carbonyl (C=O) groups is 6. The number of aliphatic carboxylic acids is 1. The Hall–Kier alpha value is -3.26. The summed E-state index contributed by atoms with van der Waals surface area (Å²) in [6.07, 6.45) is -0.795. The van der Waals surface area contributed by atoms with E-state index in [1.807, 2.05) is 0 Å². The molecule has 4 unspecified atom stereocenters. The Morgan fingerprint density at radius 2 is 1.27 bits per heavy atom. The van der Waals surface area contributed by atoms with Crippen molar-refractivity contribution in [3.63, 3.8) is 0 Å². The van der Waals surface area contributed by atoms with E-state index < -0.39 is 66.3 Å². The first kappa shape index (κ1) is 26.7. The van der Waals surface area contributed by atoms with Crippen LogP contribution >= 0.6 is 0 Å². The largest absolute Gasteiger partial charge is 0.480 e. The van der Waals surface area contributed by atoms with Gasteiger partial charge in [0.25, 0.3) is 0 Å². The van der Waals surface area contributed by atoms with E-state index in [0.717, 1.165) is 0 Å². The third kappa shape index (κ3) is 10.3. The number of hydrogen-bond donors (Lipinski definition) is 8. The van der Waals surface area contributed by atoms with Crippen LogP contribution in [0.5, 0.6) is 0 Å². The zero-order valence-electron chi connectivity index (χ0n) is 16.4. The fraction of sp³-hybridized carbons (Fsp3) is 0.625. The second-order valence-corrected chi connectivity index (χ2v) is 6.49. The summed E-state index contributed by atoms with van der Waals surface area (Å²) in [7, 11) is 0. The van der Waals surface area contributed by atoms with Crippen LogP contribution in [0.25, 0.3) is 0 Å². The number of aliphatic hydroxyl groups excluding tert-OH is 1. The van der Waals surface area contributed by atoms with Crippen LogP contribution in [0.2, 0.25) is 0 Å². The van der Waals surface area contributed by atoms with E-state index in [0.29, 0.717) is 0 Å². The Morgan fingerprint density at radius 1 is 0.800 bits per heavy atom. The molecule has 0 aliphatic rings. The van der Waals surface area contributed by atoms with Crippen molar-refractivity contribution in [1.29, 1.82) is 0 Å². The Morgan fingerprint density at radius 3 is 1.73 bits per heavy atom. The average molecular weight is 432 g/mol.